The first-order chi connectivity index (χ1) is 13.2. The lowest BCUT2D eigenvalue weighted by Crippen LogP contribution is -2.46. The number of rotatable bonds is 4. The van der Waals surface area contributed by atoms with Crippen LogP contribution in [0.1, 0.15) is 10.9 Å². The van der Waals surface area contributed by atoms with Gasteiger partial charge in [0.1, 0.15) is 11.1 Å². The molecule has 1 fully saturated rings. The monoisotopic (exact) mass is 398 g/mol. The summed E-state index contributed by atoms with van der Waals surface area (Å²) in [6.07, 6.45) is 1.95. The van der Waals surface area contributed by atoms with Gasteiger partial charge in [0.05, 0.1) is 12.9 Å². The number of thioether (sulfide) groups is 1. The van der Waals surface area contributed by atoms with Crippen LogP contribution in [0.3, 0.4) is 0 Å². The standard InChI is InChI=1S/C19H18N4O2S2/c1-25-13-8-6-12(7-9-13)21-19(26)22-23-17(24)11-27-18(23)15-10-20-16-5-3-2-4-14(15)16/h2-10,18,20H,11H2,1H3,(H2,21,22,26)/t18-/m1/s1. The van der Waals surface area contributed by atoms with E-state index >= 15 is 0 Å². The van der Waals surface area contributed by atoms with Crippen molar-refractivity contribution < 1.29 is 9.53 Å². The molecule has 3 N–H and O–H groups in total. The van der Waals surface area contributed by atoms with Gasteiger partial charge in [0, 0.05) is 28.4 Å². The molecular formula is C19H18N4O2S2. The minimum atomic E-state index is -0.149. The fourth-order valence-electron chi connectivity index (χ4n) is 3.02. The van der Waals surface area contributed by atoms with E-state index in [1.54, 1.807) is 23.9 Å². The van der Waals surface area contributed by atoms with Gasteiger partial charge in [-0.05, 0) is 42.5 Å². The second-order valence-electron chi connectivity index (χ2n) is 6.01. The van der Waals surface area contributed by atoms with E-state index in [1.807, 2.05) is 48.7 Å². The van der Waals surface area contributed by atoms with Crippen LogP contribution in [0.4, 0.5) is 5.69 Å². The lowest BCUT2D eigenvalue weighted by Gasteiger charge is -2.25. The maximum Gasteiger partial charge on any atom is 0.252 e. The molecule has 0 radical (unpaired) electrons. The molecule has 4 rings (SSSR count). The number of nitrogens with zero attached hydrogens (tertiary/aromatic N) is 1. The van der Waals surface area contributed by atoms with E-state index in [0.717, 1.165) is 27.9 Å². The molecule has 1 saturated heterocycles. The number of aromatic amines is 1. The van der Waals surface area contributed by atoms with Gasteiger partial charge < -0.3 is 15.0 Å². The average Bonchev–Trinajstić information content (AvgIpc) is 3.26. The molecule has 0 spiro atoms. The molecule has 27 heavy (non-hydrogen) atoms. The third-order valence-corrected chi connectivity index (χ3v) is 5.71. The third-order valence-electron chi connectivity index (χ3n) is 4.33. The predicted molar refractivity (Wildman–Crippen MR) is 113 cm³/mol. The molecule has 1 amide bonds. The Labute approximate surface area is 166 Å². The van der Waals surface area contributed by atoms with E-state index in [-0.39, 0.29) is 11.3 Å². The maximum absolute atomic E-state index is 12.4. The van der Waals surface area contributed by atoms with E-state index in [4.69, 9.17) is 17.0 Å². The predicted octanol–water partition coefficient (Wildman–Crippen LogP) is 3.65. The van der Waals surface area contributed by atoms with E-state index < -0.39 is 0 Å². The van der Waals surface area contributed by atoms with Crippen molar-refractivity contribution in [1.29, 1.82) is 0 Å². The number of H-pyrrole nitrogens is 1. The van der Waals surface area contributed by atoms with Crippen molar-refractivity contribution in [3.8, 4) is 5.75 Å². The fourth-order valence-corrected chi connectivity index (χ4v) is 4.37. The number of ether oxygens (including phenoxy) is 1. The van der Waals surface area contributed by atoms with E-state index in [0.29, 0.717) is 10.9 Å². The number of carbonyl (C=O) groups is 1. The van der Waals surface area contributed by atoms with Crippen LogP contribution in [-0.2, 0) is 4.79 Å². The molecule has 3 aromatic rings. The van der Waals surface area contributed by atoms with E-state index in [2.05, 4.69) is 21.8 Å². The molecule has 0 bridgehead atoms. The Balaban J connectivity index is 1.50. The molecule has 0 aliphatic carbocycles. The Hall–Kier alpha value is -2.71. The number of amides is 1. The second-order valence-corrected chi connectivity index (χ2v) is 7.49. The third kappa shape index (κ3) is 3.58. The zero-order valence-corrected chi connectivity index (χ0v) is 16.2. The molecule has 2 aromatic carbocycles. The number of benzene rings is 2. The maximum atomic E-state index is 12.4. The number of aromatic nitrogens is 1. The summed E-state index contributed by atoms with van der Waals surface area (Å²) in [5, 5.41) is 6.01. The molecule has 0 unspecified atom stereocenters. The molecule has 1 atom stereocenters. The molecule has 1 aromatic heterocycles. The van der Waals surface area contributed by atoms with Crippen molar-refractivity contribution in [3.05, 3.63) is 60.3 Å². The number of methoxy groups -OCH3 is 1. The first-order valence-electron chi connectivity index (χ1n) is 8.37. The fraction of sp³-hybridized carbons (Fsp3) is 0.158. The molecule has 2 heterocycles. The highest BCUT2D eigenvalue weighted by Crippen LogP contribution is 2.40. The molecular weight excluding hydrogens is 380 g/mol. The molecule has 1 aliphatic heterocycles. The molecule has 8 heteroatoms. The summed E-state index contributed by atoms with van der Waals surface area (Å²) in [6, 6.07) is 15.5. The van der Waals surface area contributed by atoms with Crippen molar-refractivity contribution in [2.75, 3.05) is 18.2 Å². The van der Waals surface area contributed by atoms with Crippen LogP contribution in [0.2, 0.25) is 0 Å². The summed E-state index contributed by atoms with van der Waals surface area (Å²) < 4.78 is 5.15. The van der Waals surface area contributed by atoms with Crippen LogP contribution in [0, 0.1) is 0 Å². The average molecular weight is 399 g/mol. The molecule has 0 saturated carbocycles. The van der Waals surface area contributed by atoms with Crippen molar-refractivity contribution >= 4 is 51.6 Å². The number of carbonyl (C=O) groups excluding carboxylic acids is 1. The Morgan fingerprint density at radius 3 is 2.81 bits per heavy atom. The van der Waals surface area contributed by atoms with Gasteiger partial charge in [0.25, 0.3) is 5.91 Å². The van der Waals surface area contributed by atoms with Gasteiger partial charge in [0.15, 0.2) is 5.11 Å². The minimum absolute atomic E-state index is 0.00541. The van der Waals surface area contributed by atoms with Crippen LogP contribution >= 0.6 is 24.0 Å². The highest BCUT2D eigenvalue weighted by molar-refractivity contribution is 8.00. The SMILES string of the molecule is COc1ccc(NC(=S)NN2C(=O)CS[C@@H]2c2c[nH]c3ccccc23)cc1. The second kappa shape index (κ2) is 7.50. The Morgan fingerprint density at radius 2 is 2.04 bits per heavy atom. The number of para-hydroxylation sites is 1. The highest BCUT2D eigenvalue weighted by Gasteiger charge is 2.35. The van der Waals surface area contributed by atoms with Crippen molar-refractivity contribution in [1.82, 2.24) is 15.4 Å². The van der Waals surface area contributed by atoms with Gasteiger partial charge in [-0.1, -0.05) is 18.2 Å². The minimum Gasteiger partial charge on any atom is -0.497 e. The van der Waals surface area contributed by atoms with Gasteiger partial charge in [-0.2, -0.15) is 0 Å². The van der Waals surface area contributed by atoms with E-state index in [1.165, 1.54) is 0 Å². The van der Waals surface area contributed by atoms with Crippen molar-refractivity contribution in [2.24, 2.45) is 0 Å². The summed E-state index contributed by atoms with van der Waals surface area (Å²) in [6.45, 7) is 0. The number of fused-ring (bicyclic) bond motifs is 1. The van der Waals surface area contributed by atoms with Gasteiger partial charge in [0.2, 0.25) is 0 Å². The van der Waals surface area contributed by atoms with E-state index in [9.17, 15) is 4.79 Å². The summed E-state index contributed by atoms with van der Waals surface area (Å²) in [5.41, 5.74) is 5.97. The lowest BCUT2D eigenvalue weighted by molar-refractivity contribution is -0.129. The van der Waals surface area contributed by atoms with Gasteiger partial charge in [-0.25, -0.2) is 5.01 Å². The Kier molecular flexibility index (Phi) is 4.91. The number of thiocarbonyl (C=S) groups is 1. The van der Waals surface area contributed by atoms with Crippen molar-refractivity contribution in [3.63, 3.8) is 0 Å². The smallest absolute Gasteiger partial charge is 0.252 e. The molecule has 1 aliphatic rings. The number of hydrogen-bond acceptors (Lipinski definition) is 4. The zero-order valence-electron chi connectivity index (χ0n) is 14.6. The van der Waals surface area contributed by atoms with Crippen LogP contribution in [0.15, 0.2) is 54.7 Å². The van der Waals surface area contributed by atoms with Gasteiger partial charge in [-0.3, -0.25) is 10.2 Å². The number of nitrogens with one attached hydrogen (secondary N) is 3. The van der Waals surface area contributed by atoms with Crippen LogP contribution in [-0.4, -0.2) is 33.9 Å². The van der Waals surface area contributed by atoms with Gasteiger partial charge >= 0.3 is 0 Å². The largest absolute Gasteiger partial charge is 0.497 e. The Bertz CT molecular complexity index is 987. The topological polar surface area (TPSA) is 69.4 Å². The highest BCUT2D eigenvalue weighted by atomic mass is 32.2. The van der Waals surface area contributed by atoms with Crippen LogP contribution < -0.4 is 15.5 Å². The number of hydrazine groups is 1. The van der Waals surface area contributed by atoms with Crippen LogP contribution in [0.25, 0.3) is 10.9 Å². The summed E-state index contributed by atoms with van der Waals surface area (Å²) in [4.78, 5) is 15.7. The van der Waals surface area contributed by atoms with Crippen molar-refractivity contribution in [2.45, 2.75) is 5.37 Å². The first kappa shape index (κ1) is 17.7. The number of anilines is 1. The quantitative estimate of drug-likeness (QED) is 0.583. The summed E-state index contributed by atoms with van der Waals surface area (Å²) in [5.74, 6) is 1.17. The Morgan fingerprint density at radius 1 is 1.26 bits per heavy atom. The summed E-state index contributed by atoms with van der Waals surface area (Å²) >= 11 is 6.97. The first-order valence-corrected chi connectivity index (χ1v) is 9.83. The summed E-state index contributed by atoms with van der Waals surface area (Å²) in [7, 11) is 1.62. The normalized spacial score (nSPS) is 16.6. The molecule has 138 valence electrons. The molecule has 6 nitrogen and oxygen atoms in total. The zero-order chi connectivity index (χ0) is 18.8. The van der Waals surface area contributed by atoms with Crippen LogP contribution in [0.5, 0.6) is 5.75 Å². The number of hydrogen-bond donors (Lipinski definition) is 3. The van der Waals surface area contributed by atoms with Gasteiger partial charge in [-0.15, -0.1) is 11.8 Å². The lowest BCUT2D eigenvalue weighted by atomic mass is 10.1.